The fourth-order valence-corrected chi connectivity index (χ4v) is 17.2. The molecular formula is C94H63BN4O2. The molecule has 4 aliphatic heterocycles. The molecule has 0 radical (unpaired) electrons. The number of fused-ring (bicyclic) bond motifs is 22. The number of aromatic nitrogens is 2. The Kier molecular flexibility index (Phi) is 12.4. The van der Waals surface area contributed by atoms with Gasteiger partial charge in [0, 0.05) is 88.8 Å². The van der Waals surface area contributed by atoms with Crippen LogP contribution >= 0.6 is 0 Å². The van der Waals surface area contributed by atoms with E-state index >= 15 is 0 Å². The summed E-state index contributed by atoms with van der Waals surface area (Å²) in [5.41, 5.74) is 30.4. The molecule has 7 heteroatoms. The second-order valence-corrected chi connectivity index (χ2v) is 28.2. The van der Waals surface area contributed by atoms with Gasteiger partial charge in [-0.3, -0.25) is 0 Å². The Balaban J connectivity index is 0.929. The van der Waals surface area contributed by atoms with E-state index in [0.29, 0.717) is 0 Å². The predicted molar refractivity (Wildman–Crippen MR) is 421 cm³/mol. The minimum Gasteiger partial charge on any atom is -0.456 e. The molecule has 15 aromatic carbocycles. The number of benzene rings is 15. The summed E-state index contributed by atoms with van der Waals surface area (Å²) in [5, 5.41) is 4.54. The Hall–Kier alpha value is -12.8. The monoisotopic (exact) mass is 1290 g/mol. The maximum Gasteiger partial charge on any atom is 0.252 e. The highest BCUT2D eigenvalue weighted by Gasteiger charge is 2.48. The van der Waals surface area contributed by atoms with E-state index in [1.54, 1.807) is 0 Å². The van der Waals surface area contributed by atoms with Gasteiger partial charge in [-0.1, -0.05) is 251 Å². The van der Waals surface area contributed by atoms with Crippen molar-refractivity contribution in [2.45, 2.75) is 26.2 Å². The van der Waals surface area contributed by atoms with Gasteiger partial charge in [-0.25, -0.2) is 0 Å². The largest absolute Gasteiger partial charge is 0.456 e. The first kappa shape index (κ1) is 57.3. The Bertz CT molecular complexity index is 5950. The minimum atomic E-state index is -0.342. The van der Waals surface area contributed by atoms with E-state index in [9.17, 15) is 0 Å². The molecule has 0 bridgehead atoms. The molecule has 0 atom stereocenters. The van der Waals surface area contributed by atoms with E-state index in [1.807, 2.05) is 0 Å². The third-order valence-electron chi connectivity index (χ3n) is 21.6. The Labute approximate surface area is 586 Å². The van der Waals surface area contributed by atoms with Crippen LogP contribution in [0.15, 0.2) is 328 Å². The normalized spacial score (nSPS) is 13.0. The highest BCUT2D eigenvalue weighted by atomic mass is 16.5. The van der Waals surface area contributed by atoms with Crippen molar-refractivity contribution in [3.05, 3.63) is 333 Å². The van der Waals surface area contributed by atoms with Gasteiger partial charge in [-0.2, -0.15) is 0 Å². The van der Waals surface area contributed by atoms with Crippen LogP contribution in [0, 0.1) is 0 Å². The third kappa shape index (κ3) is 8.47. The standard InChI is InChI=1S/C94H63BN4O2/c1-94(2,3)60-52-83-91-84(53-60)99-80-45-25-19-39-68(80)74-55-82-72(66-37-17-23-43-78(66)97(82)62-34-14-7-15-35-62)57-88(74)101-86-47-27-21-41-70(86)90-64(59-30-10-5-11-31-59)49-51-76(93(90)99)95(91)75-50-48-63(58-28-8-4-9-29-58)89-69-40-20-26-46-85(69)100-87-56-71-65-36-16-22-42-77(65)96(61-32-12-6-13-33-61)81(71)54-73(87)67-38-18-24-44-79(67)98(83)92(75)89/h4-57H,1-3H3. The van der Waals surface area contributed by atoms with Gasteiger partial charge in [0.25, 0.3) is 6.71 Å². The molecule has 21 rings (SSSR count). The first-order chi connectivity index (χ1) is 49.8. The zero-order valence-corrected chi connectivity index (χ0v) is 55.9. The first-order valence-corrected chi connectivity index (χ1v) is 35.0. The molecule has 0 N–H and O–H groups in total. The number of hydrogen-bond acceptors (Lipinski definition) is 4. The fourth-order valence-electron chi connectivity index (χ4n) is 17.2. The summed E-state index contributed by atoms with van der Waals surface area (Å²) in [6.45, 7) is 6.82. The topological polar surface area (TPSA) is 34.8 Å². The molecule has 0 unspecified atom stereocenters. The summed E-state index contributed by atoms with van der Waals surface area (Å²) in [7, 11) is 0. The van der Waals surface area contributed by atoms with E-state index in [1.165, 1.54) is 22.0 Å². The average Bonchev–Trinajstić information content (AvgIpc) is 1.31. The van der Waals surface area contributed by atoms with Crippen molar-refractivity contribution < 1.29 is 9.47 Å². The van der Waals surface area contributed by atoms with Crippen LogP contribution in [-0.2, 0) is 5.41 Å². The zero-order valence-electron chi connectivity index (χ0n) is 55.9. The molecule has 0 spiro atoms. The van der Waals surface area contributed by atoms with Crippen LogP contribution in [0.2, 0.25) is 0 Å². The molecule has 0 saturated carbocycles. The first-order valence-electron chi connectivity index (χ1n) is 35.0. The third-order valence-corrected chi connectivity index (χ3v) is 21.6. The number of ether oxygens (including phenoxy) is 2. The van der Waals surface area contributed by atoms with Gasteiger partial charge in [0.15, 0.2) is 0 Å². The lowest BCUT2D eigenvalue weighted by atomic mass is 9.33. The summed E-state index contributed by atoms with van der Waals surface area (Å²) >= 11 is 0. The Morgan fingerprint density at radius 3 is 1.09 bits per heavy atom. The number of para-hydroxylation sites is 8. The van der Waals surface area contributed by atoms with E-state index in [-0.39, 0.29) is 12.1 Å². The lowest BCUT2D eigenvalue weighted by molar-refractivity contribution is 0.487. The molecular weight excluding hydrogens is 1230 g/mol. The second kappa shape index (κ2) is 21.8. The van der Waals surface area contributed by atoms with Crippen LogP contribution < -0.4 is 35.7 Å². The maximum absolute atomic E-state index is 7.76. The quantitative estimate of drug-likeness (QED) is 0.165. The van der Waals surface area contributed by atoms with Gasteiger partial charge in [0.2, 0.25) is 0 Å². The molecule has 6 heterocycles. The van der Waals surface area contributed by atoms with Crippen molar-refractivity contribution in [1.82, 2.24) is 9.13 Å². The number of anilines is 6. The van der Waals surface area contributed by atoms with E-state index < -0.39 is 0 Å². The van der Waals surface area contributed by atoms with Gasteiger partial charge < -0.3 is 28.4 Å². The molecule has 17 aromatic rings. The van der Waals surface area contributed by atoms with Crippen LogP contribution in [0.25, 0.3) is 122 Å². The van der Waals surface area contributed by atoms with Crippen molar-refractivity contribution in [3.63, 3.8) is 0 Å². The summed E-state index contributed by atoms with van der Waals surface area (Å²) < 4.78 is 20.4. The highest BCUT2D eigenvalue weighted by Crippen LogP contribution is 2.59. The van der Waals surface area contributed by atoms with Gasteiger partial charge in [0.05, 0.1) is 44.8 Å². The zero-order chi connectivity index (χ0) is 66.8. The van der Waals surface area contributed by atoms with Crippen LogP contribution in [0.5, 0.6) is 23.0 Å². The van der Waals surface area contributed by atoms with E-state index in [2.05, 4.69) is 367 Å². The number of nitrogens with zero attached hydrogens (tertiary/aromatic N) is 4. The van der Waals surface area contributed by atoms with Crippen LogP contribution in [0.1, 0.15) is 26.3 Å². The lowest BCUT2D eigenvalue weighted by Gasteiger charge is -2.47. The second-order valence-electron chi connectivity index (χ2n) is 28.2. The van der Waals surface area contributed by atoms with Crippen LogP contribution in [0.4, 0.5) is 34.1 Å². The number of rotatable bonds is 4. The van der Waals surface area contributed by atoms with Crippen LogP contribution in [0.3, 0.4) is 0 Å². The van der Waals surface area contributed by atoms with Gasteiger partial charge in [-0.15, -0.1) is 0 Å². The molecule has 474 valence electrons. The molecule has 2 aromatic heterocycles. The van der Waals surface area contributed by atoms with Gasteiger partial charge in [0.1, 0.15) is 23.0 Å². The summed E-state index contributed by atoms with van der Waals surface area (Å²) in [5.74, 6) is 3.10. The number of hydrogen-bond donors (Lipinski definition) is 0. The fraction of sp³-hybridized carbons (Fsp3) is 0.0426. The van der Waals surface area contributed by atoms with Crippen molar-refractivity contribution in [2.24, 2.45) is 0 Å². The molecule has 0 amide bonds. The average molecular weight is 1290 g/mol. The SMILES string of the molecule is CC(C)(C)c1cc2c3c(c1)N1c4ccccc4-c4cc5c(cc4Oc4ccccc4-c4c(-c6ccccc6)ccc(c41)B3c1ccc(-c3ccccc3)c3c1N2c1ccccc1-c1cc2c(cc1Oc1ccccc1-3)c1ccccc1n2-c1ccccc1)c1ccccc1n5-c1ccccc1. The lowest BCUT2D eigenvalue weighted by Crippen LogP contribution is -2.61. The molecule has 101 heavy (non-hydrogen) atoms. The van der Waals surface area contributed by atoms with Gasteiger partial charge >= 0.3 is 0 Å². The van der Waals surface area contributed by atoms with Crippen molar-refractivity contribution in [3.8, 4) is 101 Å². The van der Waals surface area contributed by atoms with Crippen molar-refractivity contribution in [2.75, 3.05) is 9.80 Å². The van der Waals surface area contributed by atoms with Crippen molar-refractivity contribution in [1.29, 1.82) is 0 Å². The minimum absolute atomic E-state index is 0.299. The maximum atomic E-state index is 7.76. The molecule has 4 aliphatic rings. The highest BCUT2D eigenvalue weighted by molar-refractivity contribution is 7.00. The van der Waals surface area contributed by atoms with Gasteiger partial charge in [-0.05, 0) is 147 Å². The molecule has 6 nitrogen and oxygen atoms in total. The summed E-state index contributed by atoms with van der Waals surface area (Å²) in [6.07, 6.45) is 0. The van der Waals surface area contributed by atoms with Crippen molar-refractivity contribution >= 4 is 101 Å². The molecule has 0 fully saturated rings. The predicted octanol–water partition coefficient (Wildman–Crippen LogP) is 23.5. The van der Waals surface area contributed by atoms with E-state index in [4.69, 9.17) is 9.47 Å². The smallest absolute Gasteiger partial charge is 0.252 e. The van der Waals surface area contributed by atoms with Crippen LogP contribution in [-0.4, -0.2) is 15.8 Å². The molecule has 0 aliphatic carbocycles. The molecule has 0 saturated heterocycles. The Morgan fingerprint density at radius 1 is 0.277 bits per heavy atom. The van der Waals surface area contributed by atoms with E-state index in [0.717, 1.165) is 179 Å². The Morgan fingerprint density at radius 2 is 0.653 bits per heavy atom. The summed E-state index contributed by atoms with van der Waals surface area (Å²) in [4.78, 5) is 5.35. The summed E-state index contributed by atoms with van der Waals surface area (Å²) in [6, 6.07) is 121.